The lowest BCUT2D eigenvalue weighted by atomic mass is 10.2. The molecule has 1 aromatic carbocycles. The predicted octanol–water partition coefficient (Wildman–Crippen LogP) is 1.66. The van der Waals surface area contributed by atoms with Gasteiger partial charge in [0, 0.05) is 31.9 Å². The second-order valence-corrected chi connectivity index (χ2v) is 4.98. The van der Waals surface area contributed by atoms with Crippen LogP contribution in [0.3, 0.4) is 0 Å². The third kappa shape index (κ3) is 2.92. The van der Waals surface area contributed by atoms with Crippen molar-refractivity contribution in [3.05, 3.63) is 42.1 Å². The summed E-state index contributed by atoms with van der Waals surface area (Å²) in [5.41, 5.74) is 1.41. The minimum atomic E-state index is -0.0627. The molecule has 1 aliphatic heterocycles. The number of carbonyl (C=O) groups excluding carboxylic acids is 1. The molecule has 6 nitrogen and oxygen atoms in total. The highest BCUT2D eigenvalue weighted by molar-refractivity contribution is 5.98. The zero-order chi connectivity index (χ0) is 15.4. The van der Waals surface area contributed by atoms with Crippen LogP contribution < -0.4 is 5.32 Å². The van der Waals surface area contributed by atoms with Gasteiger partial charge in [0.25, 0.3) is 5.91 Å². The summed E-state index contributed by atoms with van der Waals surface area (Å²) in [4.78, 5) is 23.2. The van der Waals surface area contributed by atoms with Gasteiger partial charge in [-0.3, -0.25) is 4.79 Å². The Kier molecular flexibility index (Phi) is 4.29. The average molecular weight is 298 g/mol. The molecule has 3 rings (SSSR count). The van der Waals surface area contributed by atoms with Crippen LogP contribution in [-0.4, -0.2) is 54.1 Å². The number of benzene rings is 1. The molecule has 0 atom stereocenters. The number of carbonyl (C=O) groups is 1. The number of nitrogens with one attached hydrogen (secondary N) is 1. The van der Waals surface area contributed by atoms with Gasteiger partial charge in [-0.25, -0.2) is 9.97 Å². The minimum Gasteiger partial charge on any atom is -0.378 e. The summed E-state index contributed by atoms with van der Waals surface area (Å²) in [7, 11) is 1.76. The number of morpholine rings is 1. The maximum absolute atomic E-state index is 12.6. The highest BCUT2D eigenvalue weighted by Gasteiger charge is 2.22. The van der Waals surface area contributed by atoms with Crippen LogP contribution in [-0.2, 0) is 4.74 Å². The molecular weight excluding hydrogens is 280 g/mol. The summed E-state index contributed by atoms with van der Waals surface area (Å²) in [5, 5.41) is 3.00. The Morgan fingerprint density at radius 1 is 1.23 bits per heavy atom. The second kappa shape index (κ2) is 6.53. The predicted molar refractivity (Wildman–Crippen MR) is 83.7 cm³/mol. The zero-order valence-electron chi connectivity index (χ0n) is 12.5. The van der Waals surface area contributed by atoms with Crippen molar-refractivity contribution in [2.75, 3.05) is 38.7 Å². The first kappa shape index (κ1) is 14.5. The van der Waals surface area contributed by atoms with Crippen molar-refractivity contribution in [2.24, 2.45) is 0 Å². The van der Waals surface area contributed by atoms with Crippen LogP contribution in [0.1, 0.15) is 10.4 Å². The van der Waals surface area contributed by atoms with E-state index in [1.807, 2.05) is 30.3 Å². The van der Waals surface area contributed by atoms with Crippen LogP contribution in [0.5, 0.6) is 0 Å². The van der Waals surface area contributed by atoms with Crippen LogP contribution in [0.25, 0.3) is 11.4 Å². The molecular formula is C16H18N4O2. The molecule has 114 valence electrons. The summed E-state index contributed by atoms with van der Waals surface area (Å²) < 4.78 is 5.28. The molecule has 0 spiro atoms. The summed E-state index contributed by atoms with van der Waals surface area (Å²) in [6, 6.07) is 9.70. The molecule has 1 N–H and O–H groups in total. The molecule has 0 saturated carbocycles. The van der Waals surface area contributed by atoms with Gasteiger partial charge in [0.15, 0.2) is 5.82 Å². The van der Waals surface area contributed by atoms with E-state index in [1.165, 1.54) is 0 Å². The molecule has 1 aliphatic rings. The Morgan fingerprint density at radius 3 is 2.64 bits per heavy atom. The number of nitrogens with zero attached hydrogens (tertiary/aromatic N) is 3. The molecule has 0 aliphatic carbocycles. The lowest BCUT2D eigenvalue weighted by Crippen LogP contribution is -2.41. The molecule has 1 fully saturated rings. The molecule has 2 heterocycles. The Labute approximate surface area is 129 Å². The molecule has 0 bridgehead atoms. The van der Waals surface area contributed by atoms with Crippen molar-refractivity contribution in [3.63, 3.8) is 0 Å². The van der Waals surface area contributed by atoms with Crippen LogP contribution >= 0.6 is 0 Å². The van der Waals surface area contributed by atoms with Crippen LogP contribution in [0.2, 0.25) is 0 Å². The van der Waals surface area contributed by atoms with Crippen molar-refractivity contribution in [3.8, 4) is 11.4 Å². The molecule has 22 heavy (non-hydrogen) atoms. The van der Waals surface area contributed by atoms with Crippen molar-refractivity contribution < 1.29 is 9.53 Å². The van der Waals surface area contributed by atoms with E-state index in [9.17, 15) is 4.79 Å². The number of ether oxygens (including phenoxy) is 1. The Hall–Kier alpha value is -2.47. The van der Waals surface area contributed by atoms with Gasteiger partial charge in [-0.15, -0.1) is 0 Å². The van der Waals surface area contributed by atoms with Gasteiger partial charge in [0.05, 0.1) is 13.2 Å². The monoisotopic (exact) mass is 298 g/mol. The van der Waals surface area contributed by atoms with E-state index in [0.29, 0.717) is 43.5 Å². The third-order valence-corrected chi connectivity index (χ3v) is 3.59. The molecule has 1 amide bonds. The number of anilines is 1. The molecule has 1 saturated heterocycles. The first-order valence-electron chi connectivity index (χ1n) is 7.27. The molecule has 0 unspecified atom stereocenters. The lowest BCUT2D eigenvalue weighted by molar-refractivity contribution is 0.0303. The Balaban J connectivity index is 1.90. The van der Waals surface area contributed by atoms with E-state index in [2.05, 4.69) is 15.3 Å². The topological polar surface area (TPSA) is 67.4 Å². The number of hydrogen-bond acceptors (Lipinski definition) is 5. The SMILES string of the molecule is CNc1nc(-c2ccccc2)ncc1C(=O)N1CCOCC1. The first-order chi connectivity index (χ1) is 10.8. The maximum Gasteiger partial charge on any atom is 0.259 e. The smallest absolute Gasteiger partial charge is 0.259 e. The highest BCUT2D eigenvalue weighted by atomic mass is 16.5. The van der Waals surface area contributed by atoms with Crippen LogP contribution in [0, 0.1) is 0 Å². The number of aromatic nitrogens is 2. The largest absolute Gasteiger partial charge is 0.378 e. The van der Waals surface area contributed by atoms with Crippen LogP contribution in [0.4, 0.5) is 5.82 Å². The van der Waals surface area contributed by atoms with Crippen molar-refractivity contribution in [2.45, 2.75) is 0 Å². The summed E-state index contributed by atoms with van der Waals surface area (Å²) in [6.07, 6.45) is 1.60. The van der Waals surface area contributed by atoms with E-state index in [4.69, 9.17) is 4.74 Å². The fourth-order valence-electron chi connectivity index (χ4n) is 2.39. The standard InChI is InChI=1S/C16H18N4O2/c1-17-15-13(16(21)20-7-9-22-10-8-20)11-18-14(19-15)12-5-3-2-4-6-12/h2-6,11H,7-10H2,1H3,(H,17,18,19). The fourth-order valence-corrected chi connectivity index (χ4v) is 2.39. The summed E-state index contributed by atoms with van der Waals surface area (Å²) >= 11 is 0. The minimum absolute atomic E-state index is 0.0627. The van der Waals surface area contributed by atoms with Crippen molar-refractivity contribution in [1.82, 2.24) is 14.9 Å². The van der Waals surface area contributed by atoms with Gasteiger partial charge in [-0.1, -0.05) is 30.3 Å². The van der Waals surface area contributed by atoms with Gasteiger partial charge in [-0.2, -0.15) is 0 Å². The van der Waals surface area contributed by atoms with Crippen molar-refractivity contribution in [1.29, 1.82) is 0 Å². The van der Waals surface area contributed by atoms with Crippen LogP contribution in [0.15, 0.2) is 36.5 Å². The number of amides is 1. The normalized spacial score (nSPS) is 14.7. The summed E-state index contributed by atoms with van der Waals surface area (Å²) in [6.45, 7) is 2.35. The fraction of sp³-hybridized carbons (Fsp3) is 0.312. The Bertz CT molecular complexity index is 654. The van der Waals surface area contributed by atoms with E-state index in [1.54, 1.807) is 18.1 Å². The van der Waals surface area contributed by atoms with Gasteiger partial charge in [-0.05, 0) is 0 Å². The van der Waals surface area contributed by atoms with Gasteiger partial charge >= 0.3 is 0 Å². The maximum atomic E-state index is 12.6. The van der Waals surface area contributed by atoms with Gasteiger partial charge in [0.2, 0.25) is 0 Å². The third-order valence-electron chi connectivity index (χ3n) is 3.59. The van der Waals surface area contributed by atoms with E-state index in [0.717, 1.165) is 5.56 Å². The highest BCUT2D eigenvalue weighted by Crippen LogP contribution is 2.20. The second-order valence-electron chi connectivity index (χ2n) is 4.98. The molecule has 6 heteroatoms. The van der Waals surface area contributed by atoms with E-state index < -0.39 is 0 Å². The van der Waals surface area contributed by atoms with E-state index >= 15 is 0 Å². The first-order valence-corrected chi connectivity index (χ1v) is 7.27. The molecule has 1 aromatic heterocycles. The van der Waals surface area contributed by atoms with Gasteiger partial charge in [0.1, 0.15) is 11.4 Å². The quantitative estimate of drug-likeness (QED) is 0.933. The van der Waals surface area contributed by atoms with Crippen molar-refractivity contribution >= 4 is 11.7 Å². The van der Waals surface area contributed by atoms with Gasteiger partial charge < -0.3 is 15.0 Å². The number of rotatable bonds is 3. The zero-order valence-corrected chi connectivity index (χ0v) is 12.5. The summed E-state index contributed by atoms with van der Waals surface area (Å²) in [5.74, 6) is 1.08. The Morgan fingerprint density at radius 2 is 1.95 bits per heavy atom. The number of hydrogen-bond donors (Lipinski definition) is 1. The molecule has 0 radical (unpaired) electrons. The van der Waals surface area contributed by atoms with E-state index in [-0.39, 0.29) is 5.91 Å². The average Bonchev–Trinajstić information content (AvgIpc) is 2.62. The molecule has 2 aromatic rings. The lowest BCUT2D eigenvalue weighted by Gasteiger charge is -2.27.